The van der Waals surface area contributed by atoms with E-state index in [0.717, 1.165) is 25.2 Å². The lowest BCUT2D eigenvalue weighted by Gasteiger charge is -2.37. The standard InChI is InChI=1S/C20H27N3O2/c1-22-12-10-17(11-13-22)23(2)15-18(16-7-4-3-5-8-16)21-20(24)19-9-6-14-25-19/h3-9,14,17-18H,10-13,15H2,1-2H3,(H,21,24)/t18-/m0/s1. The average Bonchev–Trinajstić information content (AvgIpc) is 3.17. The second-order valence-electron chi connectivity index (χ2n) is 6.89. The van der Waals surface area contributed by atoms with Gasteiger partial charge in [-0.3, -0.25) is 4.79 Å². The molecule has 1 aromatic heterocycles. The Labute approximate surface area is 149 Å². The topological polar surface area (TPSA) is 48.7 Å². The molecule has 0 unspecified atom stereocenters. The normalized spacial score (nSPS) is 17.6. The summed E-state index contributed by atoms with van der Waals surface area (Å²) in [7, 11) is 4.33. The van der Waals surface area contributed by atoms with E-state index in [2.05, 4.69) is 41.3 Å². The number of nitrogens with one attached hydrogen (secondary N) is 1. The summed E-state index contributed by atoms with van der Waals surface area (Å²) in [5.41, 5.74) is 1.11. The second-order valence-corrected chi connectivity index (χ2v) is 6.89. The van der Waals surface area contributed by atoms with Gasteiger partial charge in [0.25, 0.3) is 5.91 Å². The molecular weight excluding hydrogens is 314 g/mol. The number of furan rings is 1. The summed E-state index contributed by atoms with van der Waals surface area (Å²) in [5.74, 6) is 0.179. The van der Waals surface area contributed by atoms with Crippen LogP contribution in [-0.2, 0) is 0 Å². The zero-order chi connectivity index (χ0) is 17.6. The van der Waals surface area contributed by atoms with E-state index in [1.807, 2.05) is 18.2 Å². The molecule has 1 aliphatic rings. The smallest absolute Gasteiger partial charge is 0.287 e. The van der Waals surface area contributed by atoms with Crippen LogP contribution in [0.1, 0.15) is 35.0 Å². The van der Waals surface area contributed by atoms with Crippen molar-refractivity contribution in [2.24, 2.45) is 0 Å². The Morgan fingerprint density at radius 3 is 2.60 bits per heavy atom. The number of likely N-dealkylation sites (tertiary alicyclic amines) is 1. The lowest BCUT2D eigenvalue weighted by Crippen LogP contribution is -2.45. The van der Waals surface area contributed by atoms with Gasteiger partial charge in [0.15, 0.2) is 5.76 Å². The van der Waals surface area contributed by atoms with Crippen LogP contribution >= 0.6 is 0 Å². The highest BCUT2D eigenvalue weighted by Gasteiger charge is 2.25. The summed E-state index contributed by atoms with van der Waals surface area (Å²) in [6.45, 7) is 3.04. The van der Waals surface area contributed by atoms with E-state index in [-0.39, 0.29) is 11.9 Å². The van der Waals surface area contributed by atoms with Crippen LogP contribution in [0.15, 0.2) is 53.1 Å². The summed E-state index contributed by atoms with van der Waals surface area (Å²) >= 11 is 0. The first-order valence-electron chi connectivity index (χ1n) is 8.91. The molecule has 2 aromatic rings. The molecule has 3 rings (SSSR count). The van der Waals surface area contributed by atoms with Gasteiger partial charge in [0.05, 0.1) is 12.3 Å². The van der Waals surface area contributed by atoms with Crippen LogP contribution in [0.2, 0.25) is 0 Å². The van der Waals surface area contributed by atoms with E-state index in [9.17, 15) is 4.79 Å². The van der Waals surface area contributed by atoms with Gasteiger partial charge in [0.1, 0.15) is 0 Å². The minimum Gasteiger partial charge on any atom is -0.459 e. The van der Waals surface area contributed by atoms with Crippen LogP contribution in [0.5, 0.6) is 0 Å². The van der Waals surface area contributed by atoms with Crippen LogP contribution in [0.25, 0.3) is 0 Å². The van der Waals surface area contributed by atoms with Crippen LogP contribution in [0.4, 0.5) is 0 Å². The van der Waals surface area contributed by atoms with Gasteiger partial charge in [-0.05, 0) is 57.7 Å². The molecule has 2 heterocycles. The Morgan fingerprint density at radius 2 is 1.96 bits per heavy atom. The SMILES string of the molecule is CN1CCC(N(C)C[C@H](NC(=O)c2ccco2)c2ccccc2)CC1. The molecule has 5 heteroatoms. The lowest BCUT2D eigenvalue weighted by atomic mass is 10.0. The van der Waals surface area contributed by atoms with Crippen molar-refractivity contribution in [3.63, 3.8) is 0 Å². The van der Waals surface area contributed by atoms with Crippen molar-refractivity contribution in [2.75, 3.05) is 33.7 Å². The number of likely N-dealkylation sites (N-methyl/N-ethyl adjacent to an activating group) is 1. The molecule has 5 nitrogen and oxygen atoms in total. The number of benzene rings is 1. The Hall–Kier alpha value is -2.11. The van der Waals surface area contributed by atoms with Gasteiger partial charge < -0.3 is 19.5 Å². The summed E-state index contributed by atoms with van der Waals surface area (Å²) < 4.78 is 5.23. The third-order valence-electron chi connectivity index (χ3n) is 5.03. The van der Waals surface area contributed by atoms with Crippen molar-refractivity contribution < 1.29 is 9.21 Å². The fourth-order valence-electron chi connectivity index (χ4n) is 3.43. The highest BCUT2D eigenvalue weighted by atomic mass is 16.3. The first-order valence-corrected chi connectivity index (χ1v) is 8.91. The number of nitrogens with zero attached hydrogens (tertiary/aromatic N) is 2. The summed E-state index contributed by atoms with van der Waals surface area (Å²) in [5, 5.41) is 3.13. The van der Waals surface area contributed by atoms with Crippen LogP contribution < -0.4 is 5.32 Å². The van der Waals surface area contributed by atoms with E-state index in [1.165, 1.54) is 19.1 Å². The maximum absolute atomic E-state index is 12.5. The molecule has 25 heavy (non-hydrogen) atoms. The van der Waals surface area contributed by atoms with Gasteiger partial charge in [0.2, 0.25) is 0 Å². The van der Waals surface area contributed by atoms with Crippen molar-refractivity contribution in [3.8, 4) is 0 Å². The molecule has 0 radical (unpaired) electrons. The zero-order valence-corrected chi connectivity index (χ0v) is 15.0. The van der Waals surface area contributed by atoms with Crippen molar-refractivity contribution in [2.45, 2.75) is 24.9 Å². The van der Waals surface area contributed by atoms with Gasteiger partial charge in [-0.1, -0.05) is 30.3 Å². The van der Waals surface area contributed by atoms with Crippen molar-refractivity contribution in [1.29, 1.82) is 0 Å². The number of rotatable bonds is 6. The minimum absolute atomic E-state index is 0.0662. The predicted molar refractivity (Wildman–Crippen MR) is 98.5 cm³/mol. The molecule has 1 fully saturated rings. The molecular formula is C20H27N3O2. The zero-order valence-electron chi connectivity index (χ0n) is 15.0. The van der Waals surface area contributed by atoms with Crippen molar-refractivity contribution in [3.05, 3.63) is 60.1 Å². The van der Waals surface area contributed by atoms with E-state index in [4.69, 9.17) is 4.42 Å². The number of hydrogen-bond donors (Lipinski definition) is 1. The van der Waals surface area contributed by atoms with Crippen molar-refractivity contribution in [1.82, 2.24) is 15.1 Å². The first kappa shape index (κ1) is 17.7. The van der Waals surface area contributed by atoms with Crippen LogP contribution in [0, 0.1) is 0 Å². The number of carbonyl (C=O) groups excluding carboxylic acids is 1. The third-order valence-corrected chi connectivity index (χ3v) is 5.03. The number of carbonyl (C=O) groups is 1. The molecule has 1 amide bonds. The van der Waals surface area contributed by atoms with E-state index < -0.39 is 0 Å². The molecule has 0 spiro atoms. The van der Waals surface area contributed by atoms with Gasteiger partial charge in [-0.15, -0.1) is 0 Å². The van der Waals surface area contributed by atoms with Gasteiger partial charge >= 0.3 is 0 Å². The first-order chi connectivity index (χ1) is 12.1. The Morgan fingerprint density at radius 1 is 1.24 bits per heavy atom. The van der Waals surface area contributed by atoms with E-state index in [1.54, 1.807) is 12.1 Å². The van der Waals surface area contributed by atoms with E-state index in [0.29, 0.717) is 11.8 Å². The predicted octanol–water partition coefficient (Wildman–Crippen LogP) is 2.78. The van der Waals surface area contributed by atoms with Gasteiger partial charge in [-0.2, -0.15) is 0 Å². The highest BCUT2D eigenvalue weighted by Crippen LogP contribution is 2.20. The highest BCUT2D eigenvalue weighted by molar-refractivity contribution is 5.91. The quantitative estimate of drug-likeness (QED) is 0.878. The molecule has 0 saturated carbocycles. The fraction of sp³-hybridized carbons (Fsp3) is 0.450. The lowest BCUT2D eigenvalue weighted by molar-refractivity contribution is 0.0878. The third kappa shape index (κ3) is 4.71. The van der Waals surface area contributed by atoms with Crippen LogP contribution in [0.3, 0.4) is 0 Å². The number of piperidine rings is 1. The number of amides is 1. The second kappa shape index (κ2) is 8.32. The monoisotopic (exact) mass is 341 g/mol. The Kier molecular flexibility index (Phi) is 5.89. The van der Waals surface area contributed by atoms with Gasteiger partial charge in [-0.25, -0.2) is 0 Å². The molecule has 0 bridgehead atoms. The molecule has 0 aliphatic carbocycles. The minimum atomic E-state index is -0.171. The fourth-order valence-corrected chi connectivity index (χ4v) is 3.43. The molecule has 1 saturated heterocycles. The number of hydrogen-bond acceptors (Lipinski definition) is 4. The summed E-state index contributed by atoms with van der Waals surface area (Å²) in [4.78, 5) is 17.2. The van der Waals surface area contributed by atoms with E-state index >= 15 is 0 Å². The average molecular weight is 341 g/mol. The largest absolute Gasteiger partial charge is 0.459 e. The maximum atomic E-state index is 12.5. The molecule has 134 valence electrons. The molecule has 1 atom stereocenters. The Bertz CT molecular complexity index is 649. The molecule has 1 aliphatic heterocycles. The van der Waals surface area contributed by atoms with Crippen LogP contribution in [-0.4, -0.2) is 55.5 Å². The van der Waals surface area contributed by atoms with Crippen molar-refractivity contribution >= 4 is 5.91 Å². The summed E-state index contributed by atoms with van der Waals surface area (Å²) in [6, 6.07) is 14.1. The molecule has 1 aromatic carbocycles. The molecule has 1 N–H and O–H groups in total. The maximum Gasteiger partial charge on any atom is 0.287 e. The summed E-state index contributed by atoms with van der Waals surface area (Å²) in [6.07, 6.45) is 3.86. The Balaban J connectivity index is 1.69. The van der Waals surface area contributed by atoms with Gasteiger partial charge in [0, 0.05) is 12.6 Å².